The quantitative estimate of drug-likeness (QED) is 0.788. The average Bonchev–Trinajstić information content (AvgIpc) is 3.16. The normalized spacial score (nSPS) is 17.1. The van der Waals surface area contributed by atoms with Crippen LogP contribution in [0.25, 0.3) is 0 Å². The smallest absolute Gasteiger partial charge is 0.310 e. The number of ether oxygens (including phenoxy) is 1. The Kier molecular flexibility index (Phi) is 4.42. The molecule has 0 saturated heterocycles. The summed E-state index contributed by atoms with van der Waals surface area (Å²) < 4.78 is 10.6. The van der Waals surface area contributed by atoms with Crippen LogP contribution in [0.5, 0.6) is 0 Å². The van der Waals surface area contributed by atoms with Crippen LogP contribution in [0.1, 0.15) is 57.3 Å². The number of carbonyl (C=O) groups is 1. The van der Waals surface area contributed by atoms with Crippen LogP contribution < -0.4 is 0 Å². The fourth-order valence-electron chi connectivity index (χ4n) is 2.53. The lowest BCUT2D eigenvalue weighted by Crippen LogP contribution is -2.32. The van der Waals surface area contributed by atoms with Crippen molar-refractivity contribution in [3.8, 4) is 0 Å². The van der Waals surface area contributed by atoms with E-state index in [0.717, 1.165) is 12.8 Å². The second kappa shape index (κ2) is 5.91. The maximum absolute atomic E-state index is 11.5. The first-order valence-electron chi connectivity index (χ1n) is 7.15. The first-order valence-corrected chi connectivity index (χ1v) is 7.15. The summed E-state index contributed by atoms with van der Waals surface area (Å²) in [6.07, 6.45) is 3.44. The second-order valence-corrected chi connectivity index (χ2v) is 5.51. The van der Waals surface area contributed by atoms with Gasteiger partial charge in [-0.1, -0.05) is 19.0 Å². The number of hydrogen-bond donors (Lipinski definition) is 1. The third-order valence-corrected chi connectivity index (χ3v) is 4.34. The summed E-state index contributed by atoms with van der Waals surface area (Å²) in [6.45, 7) is 3.74. The lowest BCUT2D eigenvalue weighted by atomic mass is 9.79. The van der Waals surface area contributed by atoms with E-state index >= 15 is 0 Å². The van der Waals surface area contributed by atoms with E-state index in [2.05, 4.69) is 10.1 Å². The zero-order valence-corrected chi connectivity index (χ0v) is 12.3. The van der Waals surface area contributed by atoms with Crippen molar-refractivity contribution < 1.29 is 19.2 Å². The average molecular weight is 282 g/mol. The largest absolute Gasteiger partial charge is 0.481 e. The van der Waals surface area contributed by atoms with E-state index in [1.54, 1.807) is 7.11 Å². The Hall–Kier alpha value is -1.43. The Balaban J connectivity index is 2.13. The first-order chi connectivity index (χ1) is 9.56. The Labute approximate surface area is 118 Å². The van der Waals surface area contributed by atoms with Crippen molar-refractivity contribution in [3.05, 3.63) is 11.7 Å². The van der Waals surface area contributed by atoms with Crippen molar-refractivity contribution >= 4 is 5.97 Å². The molecule has 1 aliphatic carbocycles. The lowest BCUT2D eigenvalue weighted by molar-refractivity contribution is -0.149. The van der Waals surface area contributed by atoms with E-state index in [9.17, 15) is 9.90 Å². The van der Waals surface area contributed by atoms with Crippen LogP contribution in [0.2, 0.25) is 0 Å². The van der Waals surface area contributed by atoms with Gasteiger partial charge < -0.3 is 14.4 Å². The van der Waals surface area contributed by atoms with Crippen LogP contribution >= 0.6 is 0 Å². The molecule has 2 rings (SSSR count). The molecular weight excluding hydrogens is 260 g/mol. The molecule has 0 radical (unpaired) electrons. The summed E-state index contributed by atoms with van der Waals surface area (Å²) in [5.41, 5.74) is -0.827. The van der Waals surface area contributed by atoms with Crippen LogP contribution in [0.15, 0.2) is 4.52 Å². The van der Waals surface area contributed by atoms with Gasteiger partial charge in [0.25, 0.3) is 0 Å². The molecule has 1 fully saturated rings. The van der Waals surface area contributed by atoms with Crippen LogP contribution in [-0.2, 0) is 16.0 Å². The summed E-state index contributed by atoms with van der Waals surface area (Å²) in [5, 5.41) is 13.4. The predicted molar refractivity (Wildman–Crippen MR) is 71.1 cm³/mol. The number of aromatic nitrogens is 2. The van der Waals surface area contributed by atoms with E-state index in [4.69, 9.17) is 9.26 Å². The highest BCUT2D eigenvalue weighted by Gasteiger charge is 2.39. The number of nitrogens with zero attached hydrogens (tertiary/aromatic N) is 2. The molecule has 20 heavy (non-hydrogen) atoms. The molecular formula is C14H22N2O4. The molecule has 1 aromatic rings. The fraction of sp³-hybridized carbons (Fsp3) is 0.786. The number of hydrogen-bond acceptors (Lipinski definition) is 5. The zero-order valence-electron chi connectivity index (χ0n) is 12.3. The van der Waals surface area contributed by atoms with E-state index in [-0.39, 0.29) is 12.5 Å². The molecule has 1 aliphatic rings. The minimum absolute atomic E-state index is 0.130. The van der Waals surface area contributed by atoms with Gasteiger partial charge in [-0.05, 0) is 31.6 Å². The number of carboxylic acids is 1. The molecule has 0 bridgehead atoms. The maximum atomic E-state index is 11.5. The van der Waals surface area contributed by atoms with Crippen molar-refractivity contribution in [1.82, 2.24) is 10.1 Å². The second-order valence-electron chi connectivity index (χ2n) is 5.51. The first kappa shape index (κ1) is 15.0. The fourth-order valence-corrected chi connectivity index (χ4v) is 2.53. The van der Waals surface area contributed by atoms with E-state index in [0.29, 0.717) is 30.5 Å². The zero-order chi connectivity index (χ0) is 14.8. The van der Waals surface area contributed by atoms with Crippen LogP contribution in [0, 0.1) is 11.3 Å². The van der Waals surface area contributed by atoms with E-state index in [1.807, 2.05) is 13.8 Å². The molecule has 6 heteroatoms. The summed E-state index contributed by atoms with van der Waals surface area (Å²) >= 11 is 0. The highest BCUT2D eigenvalue weighted by molar-refractivity contribution is 5.74. The summed E-state index contributed by atoms with van der Waals surface area (Å²) in [5.74, 6) is 0.574. The highest BCUT2D eigenvalue weighted by Crippen LogP contribution is 2.42. The molecule has 1 atom stereocenters. The highest BCUT2D eigenvalue weighted by atomic mass is 16.5. The van der Waals surface area contributed by atoms with Crippen molar-refractivity contribution in [2.24, 2.45) is 11.3 Å². The molecule has 112 valence electrons. The number of aliphatic carboxylic acids is 1. The Morgan fingerprint density at radius 2 is 2.15 bits per heavy atom. The number of rotatable bonds is 8. The number of methoxy groups -OCH3 is 1. The maximum Gasteiger partial charge on any atom is 0.310 e. The molecule has 1 N–H and O–H groups in total. The van der Waals surface area contributed by atoms with Crippen LogP contribution in [0.3, 0.4) is 0 Å². The SMILES string of the molecule is CCC(CC)(Cc1nc(C(OC)C2CC2)no1)C(=O)O. The molecule has 0 aliphatic heterocycles. The predicted octanol–water partition coefficient (Wildman–Crippen LogP) is 2.60. The Bertz CT molecular complexity index is 463. The van der Waals surface area contributed by atoms with Gasteiger partial charge in [-0.2, -0.15) is 4.98 Å². The van der Waals surface area contributed by atoms with E-state index in [1.165, 1.54) is 0 Å². The Morgan fingerprint density at radius 1 is 1.50 bits per heavy atom. The molecule has 0 amide bonds. The lowest BCUT2D eigenvalue weighted by Gasteiger charge is -2.24. The third kappa shape index (κ3) is 2.85. The third-order valence-electron chi connectivity index (χ3n) is 4.34. The van der Waals surface area contributed by atoms with Crippen LogP contribution in [-0.4, -0.2) is 28.3 Å². The van der Waals surface area contributed by atoms with Gasteiger partial charge in [0, 0.05) is 13.5 Å². The number of carboxylic acid groups (broad SMARTS) is 1. The van der Waals surface area contributed by atoms with Crippen molar-refractivity contribution in [2.75, 3.05) is 7.11 Å². The minimum atomic E-state index is -0.827. The van der Waals surface area contributed by atoms with Crippen molar-refractivity contribution in [2.45, 2.75) is 52.1 Å². The van der Waals surface area contributed by atoms with Gasteiger partial charge in [-0.25, -0.2) is 0 Å². The van der Waals surface area contributed by atoms with Gasteiger partial charge in [0.1, 0.15) is 6.10 Å². The molecule has 6 nitrogen and oxygen atoms in total. The minimum Gasteiger partial charge on any atom is -0.481 e. The monoisotopic (exact) mass is 282 g/mol. The molecule has 1 unspecified atom stereocenters. The van der Waals surface area contributed by atoms with Crippen molar-refractivity contribution in [1.29, 1.82) is 0 Å². The molecule has 1 saturated carbocycles. The van der Waals surface area contributed by atoms with Crippen molar-refractivity contribution in [3.63, 3.8) is 0 Å². The van der Waals surface area contributed by atoms with Crippen LogP contribution in [0.4, 0.5) is 0 Å². The molecule has 1 aromatic heterocycles. The van der Waals surface area contributed by atoms with Gasteiger partial charge in [0.05, 0.1) is 5.41 Å². The Morgan fingerprint density at radius 3 is 2.60 bits per heavy atom. The van der Waals surface area contributed by atoms with Gasteiger partial charge >= 0.3 is 5.97 Å². The van der Waals surface area contributed by atoms with Gasteiger partial charge in [0.2, 0.25) is 11.7 Å². The molecule has 0 spiro atoms. The molecule has 1 heterocycles. The summed E-state index contributed by atoms with van der Waals surface area (Å²) in [6, 6.07) is 0. The summed E-state index contributed by atoms with van der Waals surface area (Å²) in [4.78, 5) is 15.8. The molecule has 0 aromatic carbocycles. The van der Waals surface area contributed by atoms with Gasteiger partial charge in [0.15, 0.2) is 0 Å². The summed E-state index contributed by atoms with van der Waals surface area (Å²) in [7, 11) is 1.64. The van der Waals surface area contributed by atoms with Gasteiger partial charge in [-0.15, -0.1) is 0 Å². The topological polar surface area (TPSA) is 85.5 Å². The van der Waals surface area contributed by atoms with Gasteiger partial charge in [-0.3, -0.25) is 4.79 Å². The standard InChI is InChI=1S/C14H22N2O4/c1-4-14(5-2,13(17)18)8-10-15-12(16-20-10)11(19-3)9-6-7-9/h9,11H,4-8H2,1-3H3,(H,17,18). The van der Waals surface area contributed by atoms with E-state index < -0.39 is 11.4 Å².